The van der Waals surface area contributed by atoms with E-state index >= 15 is 0 Å². The van der Waals surface area contributed by atoms with Crippen molar-refractivity contribution in [3.8, 4) is 5.75 Å². The van der Waals surface area contributed by atoms with E-state index in [1.807, 2.05) is 30.3 Å². The van der Waals surface area contributed by atoms with Crippen LogP contribution in [-0.2, 0) is 22.6 Å². The second-order valence-electron chi connectivity index (χ2n) is 7.33. The zero-order chi connectivity index (χ0) is 23.8. The molecule has 3 aromatic carbocycles. The summed E-state index contributed by atoms with van der Waals surface area (Å²) in [5.41, 5.74) is 1.67. The first kappa shape index (κ1) is 24.9. The molecule has 0 saturated heterocycles. The lowest BCUT2D eigenvalue weighted by Crippen LogP contribution is -2.51. The second kappa shape index (κ2) is 11.9. The number of nitrogens with one attached hydrogen (secondary N) is 1. The fourth-order valence-electron chi connectivity index (χ4n) is 3.31. The number of amides is 2. The minimum atomic E-state index is -0.756. The number of nitrogens with zero attached hydrogens (tertiary/aromatic N) is 1. The van der Waals surface area contributed by atoms with E-state index in [2.05, 4.69) is 5.32 Å². The smallest absolute Gasteiger partial charge is 0.261 e. The molecule has 2 amide bonds. The van der Waals surface area contributed by atoms with E-state index in [1.54, 1.807) is 49.5 Å². The first-order valence-electron chi connectivity index (χ1n) is 10.2. The van der Waals surface area contributed by atoms with Gasteiger partial charge in [0.05, 0.1) is 10.0 Å². The maximum absolute atomic E-state index is 13.3. The number of benzene rings is 3. The second-order valence-corrected chi connectivity index (χ2v) is 8.58. The van der Waals surface area contributed by atoms with Crippen LogP contribution in [-0.4, -0.2) is 36.4 Å². The van der Waals surface area contributed by atoms with Crippen molar-refractivity contribution in [1.29, 1.82) is 0 Å². The van der Waals surface area contributed by atoms with Gasteiger partial charge in [0, 0.05) is 25.0 Å². The third-order valence-corrected chi connectivity index (χ3v) is 6.02. The van der Waals surface area contributed by atoms with Crippen LogP contribution in [0, 0.1) is 0 Å². The Morgan fingerprint density at radius 3 is 2.24 bits per heavy atom. The summed E-state index contributed by atoms with van der Waals surface area (Å²) in [6.45, 7) is -0.0874. The molecule has 3 rings (SSSR count). The van der Waals surface area contributed by atoms with E-state index in [4.69, 9.17) is 39.5 Å². The van der Waals surface area contributed by atoms with Gasteiger partial charge in [-0.15, -0.1) is 0 Å². The summed E-state index contributed by atoms with van der Waals surface area (Å²) in [6, 6.07) is 20.6. The molecular weight excluding hydrogens is 483 g/mol. The van der Waals surface area contributed by atoms with Crippen molar-refractivity contribution in [2.24, 2.45) is 0 Å². The Morgan fingerprint density at radius 1 is 0.909 bits per heavy atom. The van der Waals surface area contributed by atoms with Gasteiger partial charge in [0.15, 0.2) is 6.61 Å². The summed E-state index contributed by atoms with van der Waals surface area (Å²) in [7, 11) is 1.55. The highest BCUT2D eigenvalue weighted by Gasteiger charge is 2.30. The van der Waals surface area contributed by atoms with E-state index in [0.29, 0.717) is 27.2 Å². The SMILES string of the molecule is CNC(=O)C(Cc1ccccc1)N(Cc1ccc(Cl)c(Cl)c1)C(=O)COc1ccc(Cl)cc1. The Morgan fingerprint density at radius 2 is 1.61 bits per heavy atom. The highest BCUT2D eigenvalue weighted by Crippen LogP contribution is 2.24. The van der Waals surface area contributed by atoms with Crippen molar-refractivity contribution < 1.29 is 14.3 Å². The van der Waals surface area contributed by atoms with Crippen LogP contribution in [0.1, 0.15) is 11.1 Å². The van der Waals surface area contributed by atoms with Gasteiger partial charge in [0.2, 0.25) is 5.91 Å². The first-order valence-corrected chi connectivity index (χ1v) is 11.4. The fourth-order valence-corrected chi connectivity index (χ4v) is 3.76. The molecule has 3 aromatic rings. The van der Waals surface area contributed by atoms with Crippen LogP contribution in [0.25, 0.3) is 0 Å². The number of carbonyl (C=O) groups is 2. The first-order chi connectivity index (χ1) is 15.9. The molecule has 0 aliphatic heterocycles. The number of likely N-dealkylation sites (N-methyl/N-ethyl adjacent to an activating group) is 1. The standard InChI is InChI=1S/C25H23Cl3N2O3/c1-29-25(32)23(14-17-5-3-2-4-6-17)30(15-18-7-12-21(27)22(28)13-18)24(31)16-33-20-10-8-19(26)9-11-20/h2-13,23H,14-16H2,1H3,(H,29,32). The molecule has 5 nitrogen and oxygen atoms in total. The van der Waals surface area contributed by atoms with Crippen LogP contribution in [0.3, 0.4) is 0 Å². The Bertz CT molecular complexity index is 1090. The molecule has 0 spiro atoms. The highest BCUT2D eigenvalue weighted by atomic mass is 35.5. The summed E-state index contributed by atoms with van der Waals surface area (Å²) in [4.78, 5) is 27.7. The molecule has 0 aliphatic rings. The summed E-state index contributed by atoms with van der Waals surface area (Å²) < 4.78 is 5.67. The molecule has 0 fully saturated rings. The topological polar surface area (TPSA) is 58.6 Å². The number of rotatable bonds is 9. The third kappa shape index (κ3) is 7.13. The zero-order valence-electron chi connectivity index (χ0n) is 17.9. The molecule has 0 saturated carbocycles. The average molecular weight is 506 g/mol. The number of hydrogen-bond donors (Lipinski definition) is 1. The Labute approximate surface area is 208 Å². The van der Waals surface area contributed by atoms with Gasteiger partial charge in [-0.25, -0.2) is 0 Å². The van der Waals surface area contributed by atoms with Gasteiger partial charge < -0.3 is 15.0 Å². The molecule has 8 heteroatoms. The molecule has 0 aliphatic carbocycles. The number of halogens is 3. The van der Waals surface area contributed by atoms with Gasteiger partial charge in [0.1, 0.15) is 11.8 Å². The predicted molar refractivity (Wildman–Crippen MR) is 132 cm³/mol. The molecular formula is C25H23Cl3N2O3. The lowest BCUT2D eigenvalue weighted by atomic mass is 10.0. The normalized spacial score (nSPS) is 11.5. The molecule has 0 radical (unpaired) electrons. The lowest BCUT2D eigenvalue weighted by Gasteiger charge is -2.31. The highest BCUT2D eigenvalue weighted by molar-refractivity contribution is 6.42. The van der Waals surface area contributed by atoms with E-state index < -0.39 is 6.04 Å². The van der Waals surface area contributed by atoms with Gasteiger partial charge in [-0.1, -0.05) is 71.2 Å². The Balaban J connectivity index is 1.88. The van der Waals surface area contributed by atoms with Crippen LogP contribution >= 0.6 is 34.8 Å². The summed E-state index contributed by atoms with van der Waals surface area (Å²) >= 11 is 18.1. The van der Waals surface area contributed by atoms with E-state index in [-0.39, 0.29) is 25.0 Å². The zero-order valence-corrected chi connectivity index (χ0v) is 20.2. The molecule has 0 heterocycles. The van der Waals surface area contributed by atoms with Gasteiger partial charge >= 0.3 is 0 Å². The average Bonchev–Trinajstić information content (AvgIpc) is 2.83. The summed E-state index contributed by atoms with van der Waals surface area (Å²) in [5, 5.41) is 4.03. The Kier molecular flexibility index (Phi) is 9.01. The van der Waals surface area contributed by atoms with Crippen LogP contribution in [0.15, 0.2) is 72.8 Å². The van der Waals surface area contributed by atoms with Crippen LogP contribution in [0.4, 0.5) is 0 Å². The minimum Gasteiger partial charge on any atom is -0.484 e. The summed E-state index contributed by atoms with van der Waals surface area (Å²) in [6.07, 6.45) is 0.342. The molecule has 0 bridgehead atoms. The van der Waals surface area contributed by atoms with Crippen molar-refractivity contribution in [2.45, 2.75) is 19.0 Å². The fraction of sp³-hybridized carbons (Fsp3) is 0.200. The monoisotopic (exact) mass is 504 g/mol. The van der Waals surface area contributed by atoms with Crippen molar-refractivity contribution in [3.63, 3.8) is 0 Å². The van der Waals surface area contributed by atoms with Crippen molar-refractivity contribution in [2.75, 3.05) is 13.7 Å². The van der Waals surface area contributed by atoms with Gasteiger partial charge in [-0.05, 0) is 47.5 Å². The molecule has 1 atom stereocenters. The minimum absolute atomic E-state index is 0.157. The number of hydrogen-bond acceptors (Lipinski definition) is 3. The quantitative estimate of drug-likeness (QED) is 0.423. The lowest BCUT2D eigenvalue weighted by molar-refractivity contribution is -0.142. The Hall–Kier alpha value is -2.73. The van der Waals surface area contributed by atoms with Crippen LogP contribution in [0.5, 0.6) is 5.75 Å². The summed E-state index contributed by atoms with van der Waals surface area (Å²) in [5.74, 6) is -0.124. The predicted octanol–water partition coefficient (Wildman–Crippen LogP) is 5.41. The molecule has 0 aromatic heterocycles. The number of carbonyl (C=O) groups excluding carboxylic acids is 2. The maximum atomic E-state index is 13.3. The molecule has 172 valence electrons. The van der Waals surface area contributed by atoms with Gasteiger partial charge in [0.25, 0.3) is 5.91 Å². The van der Waals surface area contributed by atoms with E-state index in [1.165, 1.54) is 4.90 Å². The van der Waals surface area contributed by atoms with Crippen molar-refractivity contribution in [3.05, 3.63) is 99.0 Å². The van der Waals surface area contributed by atoms with Gasteiger partial charge in [-0.2, -0.15) is 0 Å². The maximum Gasteiger partial charge on any atom is 0.261 e. The largest absolute Gasteiger partial charge is 0.484 e. The van der Waals surface area contributed by atoms with Crippen LogP contribution in [0.2, 0.25) is 15.1 Å². The molecule has 33 heavy (non-hydrogen) atoms. The molecule has 1 N–H and O–H groups in total. The van der Waals surface area contributed by atoms with Crippen LogP contribution < -0.4 is 10.1 Å². The van der Waals surface area contributed by atoms with Crippen molar-refractivity contribution in [1.82, 2.24) is 10.2 Å². The van der Waals surface area contributed by atoms with Gasteiger partial charge in [-0.3, -0.25) is 9.59 Å². The van der Waals surface area contributed by atoms with E-state index in [9.17, 15) is 9.59 Å². The van der Waals surface area contributed by atoms with Crippen molar-refractivity contribution >= 4 is 46.6 Å². The third-order valence-electron chi connectivity index (χ3n) is 5.03. The number of ether oxygens (including phenoxy) is 1. The molecule has 1 unspecified atom stereocenters. The van der Waals surface area contributed by atoms with E-state index in [0.717, 1.165) is 11.1 Å².